The number of ketones is 1. The topological polar surface area (TPSA) is 38.8 Å². The molecule has 0 amide bonds. The molecule has 0 atom stereocenters. The summed E-state index contributed by atoms with van der Waals surface area (Å²) in [4.78, 5) is 16.2. The molecule has 4 heteroatoms. The van der Waals surface area contributed by atoms with Crippen LogP contribution in [0.25, 0.3) is 5.57 Å². The number of carbonyl (C=O) groups excluding carboxylic acids is 1. The maximum atomic E-state index is 13.7. The van der Waals surface area contributed by atoms with E-state index in [0.717, 1.165) is 40.3 Å². The van der Waals surface area contributed by atoms with Crippen LogP contribution < -0.4 is 9.47 Å². The summed E-state index contributed by atoms with van der Waals surface area (Å²) in [6.45, 7) is 10.1. The van der Waals surface area contributed by atoms with Gasteiger partial charge in [-0.05, 0) is 105 Å². The molecule has 0 spiro atoms. The molecule has 3 aromatic carbocycles. The Kier molecular flexibility index (Phi) is 6.97. The van der Waals surface area contributed by atoms with Crippen molar-refractivity contribution < 1.29 is 14.3 Å². The van der Waals surface area contributed by atoms with Gasteiger partial charge in [0.1, 0.15) is 23.7 Å². The van der Waals surface area contributed by atoms with Crippen LogP contribution in [-0.2, 0) is 6.42 Å². The quantitative estimate of drug-likeness (QED) is 0.341. The second kappa shape index (κ2) is 10.3. The molecule has 0 N–H and O–H groups in total. The lowest BCUT2D eigenvalue weighted by molar-refractivity contribution is 0.103. The molecule has 1 fully saturated rings. The number of ether oxygens (including phenoxy) is 2. The minimum Gasteiger partial charge on any atom is -0.492 e. The molecule has 0 aromatic heterocycles. The smallest absolute Gasteiger partial charge is 0.189 e. The summed E-state index contributed by atoms with van der Waals surface area (Å²) in [6.07, 6.45) is 3.22. The second-order valence-corrected chi connectivity index (χ2v) is 10.7. The van der Waals surface area contributed by atoms with Crippen molar-refractivity contribution in [1.82, 2.24) is 4.90 Å². The second-order valence-electron chi connectivity index (χ2n) is 10.7. The molecule has 5 rings (SSSR count). The first-order chi connectivity index (χ1) is 17.4. The number of fused-ring (bicyclic) bond motifs is 1. The van der Waals surface area contributed by atoms with Gasteiger partial charge in [-0.1, -0.05) is 36.4 Å². The minimum absolute atomic E-state index is 0.0643. The number of likely N-dealkylation sites (tertiary alicyclic amines) is 1. The summed E-state index contributed by atoms with van der Waals surface area (Å²) in [5.74, 6) is 1.70. The average Bonchev–Trinajstić information content (AvgIpc) is 3.52. The van der Waals surface area contributed by atoms with E-state index >= 15 is 0 Å². The van der Waals surface area contributed by atoms with Crippen LogP contribution in [0.1, 0.15) is 60.7 Å². The maximum Gasteiger partial charge on any atom is 0.189 e. The van der Waals surface area contributed by atoms with Gasteiger partial charge >= 0.3 is 0 Å². The largest absolute Gasteiger partial charge is 0.492 e. The summed E-state index contributed by atoms with van der Waals surface area (Å²) in [5, 5.41) is 0. The van der Waals surface area contributed by atoms with E-state index in [-0.39, 0.29) is 11.4 Å². The van der Waals surface area contributed by atoms with Gasteiger partial charge in [-0.15, -0.1) is 0 Å². The predicted octanol–water partition coefficient (Wildman–Crippen LogP) is 6.58. The van der Waals surface area contributed by atoms with E-state index in [1.54, 1.807) is 0 Å². The van der Waals surface area contributed by atoms with E-state index < -0.39 is 0 Å². The number of hydrogen-bond acceptors (Lipinski definition) is 4. The summed E-state index contributed by atoms with van der Waals surface area (Å²) >= 11 is 0. The standard InChI is InChI=1S/C32H35NO3/c1-32(2,3)36-27-16-12-24(13-17-27)31(34)29-22-25-8-4-5-9-28(25)30(29)23-10-14-26(15-11-23)35-21-20-33-18-6-7-19-33/h4-5,8-17H,6-7,18-22H2,1-3H3. The Balaban J connectivity index is 1.38. The first-order valence-electron chi connectivity index (χ1n) is 13.0. The van der Waals surface area contributed by atoms with Crippen molar-refractivity contribution in [2.75, 3.05) is 26.2 Å². The van der Waals surface area contributed by atoms with E-state index in [1.807, 2.05) is 69.3 Å². The van der Waals surface area contributed by atoms with Crippen molar-refractivity contribution in [1.29, 1.82) is 0 Å². The number of Topliss-reactive ketones (excluding diaryl/α,β-unsaturated/α-hetero) is 1. The number of nitrogens with zero attached hydrogens (tertiary/aromatic N) is 1. The van der Waals surface area contributed by atoms with Crippen molar-refractivity contribution in [3.63, 3.8) is 0 Å². The van der Waals surface area contributed by atoms with Crippen LogP contribution in [0.15, 0.2) is 78.4 Å². The minimum atomic E-state index is -0.279. The lowest BCUT2D eigenvalue weighted by Crippen LogP contribution is -2.25. The summed E-state index contributed by atoms with van der Waals surface area (Å²) in [7, 11) is 0. The molecule has 36 heavy (non-hydrogen) atoms. The third kappa shape index (κ3) is 5.55. The van der Waals surface area contributed by atoms with Gasteiger partial charge in [0.2, 0.25) is 0 Å². The van der Waals surface area contributed by atoms with Gasteiger partial charge in [-0.25, -0.2) is 0 Å². The van der Waals surface area contributed by atoms with Crippen molar-refractivity contribution in [2.45, 2.75) is 45.6 Å². The zero-order chi connectivity index (χ0) is 25.1. The number of hydrogen-bond donors (Lipinski definition) is 0. The molecule has 1 aliphatic heterocycles. The Morgan fingerprint density at radius 3 is 2.22 bits per heavy atom. The molecule has 186 valence electrons. The molecule has 2 aliphatic rings. The Hall–Kier alpha value is -3.37. The van der Waals surface area contributed by atoms with Gasteiger partial charge in [0, 0.05) is 24.1 Å². The Morgan fingerprint density at radius 2 is 1.53 bits per heavy atom. The number of allylic oxidation sites excluding steroid dienone is 1. The van der Waals surface area contributed by atoms with Crippen LogP contribution in [-0.4, -0.2) is 42.5 Å². The molecule has 1 aliphatic carbocycles. The lowest BCUT2D eigenvalue weighted by atomic mass is 9.94. The molecule has 0 radical (unpaired) electrons. The van der Waals surface area contributed by atoms with E-state index in [4.69, 9.17) is 9.47 Å². The molecule has 1 heterocycles. The summed E-state index contributed by atoms with van der Waals surface area (Å²) in [5.41, 5.74) is 5.63. The van der Waals surface area contributed by atoms with E-state index in [0.29, 0.717) is 18.6 Å². The number of benzene rings is 3. The van der Waals surface area contributed by atoms with Gasteiger partial charge in [-0.3, -0.25) is 9.69 Å². The van der Waals surface area contributed by atoms with Crippen LogP contribution >= 0.6 is 0 Å². The lowest BCUT2D eigenvalue weighted by Gasteiger charge is -2.21. The Labute approximate surface area is 214 Å². The first-order valence-corrected chi connectivity index (χ1v) is 13.0. The highest BCUT2D eigenvalue weighted by molar-refractivity contribution is 6.16. The number of rotatable bonds is 8. The van der Waals surface area contributed by atoms with Crippen LogP contribution in [0.5, 0.6) is 11.5 Å². The highest BCUT2D eigenvalue weighted by Crippen LogP contribution is 2.39. The molecular formula is C32H35NO3. The van der Waals surface area contributed by atoms with E-state index in [2.05, 4.69) is 29.2 Å². The molecule has 0 bridgehead atoms. The predicted molar refractivity (Wildman–Crippen MR) is 145 cm³/mol. The van der Waals surface area contributed by atoms with E-state index in [9.17, 15) is 4.79 Å². The fourth-order valence-electron chi connectivity index (χ4n) is 5.10. The third-order valence-electron chi connectivity index (χ3n) is 6.79. The van der Waals surface area contributed by atoms with Crippen LogP contribution in [0, 0.1) is 0 Å². The summed E-state index contributed by atoms with van der Waals surface area (Å²) in [6, 6.07) is 24.0. The fourth-order valence-corrected chi connectivity index (χ4v) is 5.10. The SMILES string of the molecule is CC(C)(C)Oc1ccc(C(=O)C2=C(c3ccc(OCCN4CCCC4)cc3)c3ccccc3C2)cc1. The fraction of sp³-hybridized carbons (Fsp3) is 0.344. The zero-order valence-corrected chi connectivity index (χ0v) is 21.5. The molecular weight excluding hydrogens is 446 g/mol. The van der Waals surface area contributed by atoms with Gasteiger partial charge in [0.25, 0.3) is 0 Å². The van der Waals surface area contributed by atoms with Crippen LogP contribution in [0.2, 0.25) is 0 Å². The van der Waals surface area contributed by atoms with Gasteiger partial charge in [-0.2, -0.15) is 0 Å². The summed E-state index contributed by atoms with van der Waals surface area (Å²) < 4.78 is 11.9. The van der Waals surface area contributed by atoms with E-state index in [1.165, 1.54) is 31.5 Å². The molecule has 4 nitrogen and oxygen atoms in total. The van der Waals surface area contributed by atoms with Gasteiger partial charge in [0.05, 0.1) is 0 Å². The maximum absolute atomic E-state index is 13.7. The average molecular weight is 482 g/mol. The van der Waals surface area contributed by atoms with Crippen LogP contribution in [0.4, 0.5) is 0 Å². The molecule has 3 aromatic rings. The molecule has 0 unspecified atom stereocenters. The van der Waals surface area contributed by atoms with Crippen molar-refractivity contribution in [3.8, 4) is 11.5 Å². The third-order valence-corrected chi connectivity index (χ3v) is 6.79. The molecule has 1 saturated heterocycles. The highest BCUT2D eigenvalue weighted by atomic mass is 16.5. The zero-order valence-electron chi connectivity index (χ0n) is 21.5. The van der Waals surface area contributed by atoms with Crippen molar-refractivity contribution >= 4 is 11.4 Å². The van der Waals surface area contributed by atoms with Crippen LogP contribution in [0.3, 0.4) is 0 Å². The Bertz CT molecular complexity index is 1240. The van der Waals surface area contributed by atoms with Crippen molar-refractivity contribution in [2.24, 2.45) is 0 Å². The number of carbonyl (C=O) groups is 1. The normalized spacial score (nSPS) is 15.8. The van der Waals surface area contributed by atoms with Gasteiger partial charge in [0.15, 0.2) is 5.78 Å². The molecule has 0 saturated carbocycles. The van der Waals surface area contributed by atoms with Crippen molar-refractivity contribution in [3.05, 3.63) is 101 Å². The van der Waals surface area contributed by atoms with Gasteiger partial charge < -0.3 is 9.47 Å². The highest BCUT2D eigenvalue weighted by Gasteiger charge is 2.27. The Morgan fingerprint density at radius 1 is 0.861 bits per heavy atom. The monoisotopic (exact) mass is 481 g/mol. The first kappa shape index (κ1) is 24.3.